The molecule has 1 saturated carbocycles. The van der Waals surface area contributed by atoms with Crippen LogP contribution >= 0.6 is 0 Å². The van der Waals surface area contributed by atoms with Gasteiger partial charge in [-0.3, -0.25) is 4.57 Å². The van der Waals surface area contributed by atoms with Crippen molar-refractivity contribution >= 4 is 5.95 Å². The van der Waals surface area contributed by atoms with Gasteiger partial charge in [-0.25, -0.2) is 23.7 Å². The SMILES string of the molecule is FCn1cnc(-c2ccc(F)cc2)c1-c1ccnc(NC2CCC2)n1. The molecule has 7 heteroatoms. The number of anilines is 1. The maximum atomic E-state index is 13.4. The summed E-state index contributed by atoms with van der Waals surface area (Å²) in [6, 6.07) is 8.09. The van der Waals surface area contributed by atoms with E-state index in [0.717, 1.165) is 12.8 Å². The van der Waals surface area contributed by atoms with Gasteiger partial charge < -0.3 is 5.32 Å². The molecule has 1 fully saturated rings. The van der Waals surface area contributed by atoms with Gasteiger partial charge >= 0.3 is 0 Å². The van der Waals surface area contributed by atoms with Crippen molar-refractivity contribution in [3.05, 3.63) is 48.7 Å². The number of halogens is 2. The second kappa shape index (κ2) is 6.58. The predicted octanol–water partition coefficient (Wildman–Crippen LogP) is 4.04. The quantitative estimate of drug-likeness (QED) is 0.761. The van der Waals surface area contributed by atoms with Crippen LogP contribution in [0.1, 0.15) is 19.3 Å². The Bertz CT molecular complexity index is 871. The fourth-order valence-corrected chi connectivity index (χ4v) is 2.86. The lowest BCUT2D eigenvalue weighted by molar-refractivity contribution is 0.379. The number of imidazole rings is 1. The van der Waals surface area contributed by atoms with Gasteiger partial charge in [0.25, 0.3) is 0 Å². The van der Waals surface area contributed by atoms with Crippen LogP contribution < -0.4 is 5.32 Å². The molecule has 2 aromatic heterocycles. The number of rotatable bonds is 5. The first-order valence-electron chi connectivity index (χ1n) is 8.21. The molecule has 0 amide bonds. The van der Waals surface area contributed by atoms with Crippen LogP contribution in [0.15, 0.2) is 42.9 Å². The lowest BCUT2D eigenvalue weighted by atomic mass is 9.93. The third-order valence-electron chi connectivity index (χ3n) is 4.42. The minimum absolute atomic E-state index is 0.329. The van der Waals surface area contributed by atoms with E-state index in [1.54, 1.807) is 24.4 Å². The maximum absolute atomic E-state index is 13.4. The van der Waals surface area contributed by atoms with Crippen molar-refractivity contribution in [2.75, 3.05) is 5.32 Å². The molecule has 5 nitrogen and oxygen atoms in total. The molecule has 2 heterocycles. The Balaban J connectivity index is 1.75. The molecule has 1 aliphatic carbocycles. The van der Waals surface area contributed by atoms with E-state index in [4.69, 9.17) is 0 Å². The van der Waals surface area contributed by atoms with E-state index in [0.29, 0.717) is 34.6 Å². The van der Waals surface area contributed by atoms with Crippen LogP contribution in [-0.2, 0) is 6.80 Å². The topological polar surface area (TPSA) is 55.6 Å². The lowest BCUT2D eigenvalue weighted by Crippen LogP contribution is -2.28. The van der Waals surface area contributed by atoms with Gasteiger partial charge in [-0.1, -0.05) is 0 Å². The summed E-state index contributed by atoms with van der Waals surface area (Å²) in [5, 5.41) is 3.29. The number of aromatic nitrogens is 4. The summed E-state index contributed by atoms with van der Waals surface area (Å²) < 4.78 is 28.0. The third kappa shape index (κ3) is 3.09. The van der Waals surface area contributed by atoms with Gasteiger partial charge in [-0.05, 0) is 49.6 Å². The monoisotopic (exact) mass is 341 g/mol. The molecule has 0 radical (unpaired) electrons. The van der Waals surface area contributed by atoms with Crippen molar-refractivity contribution < 1.29 is 8.78 Å². The number of benzene rings is 1. The number of alkyl halides is 1. The smallest absolute Gasteiger partial charge is 0.223 e. The fourth-order valence-electron chi connectivity index (χ4n) is 2.86. The molecule has 3 aromatic rings. The molecule has 0 bridgehead atoms. The molecule has 1 aromatic carbocycles. The normalized spacial score (nSPS) is 14.3. The lowest BCUT2D eigenvalue weighted by Gasteiger charge is -2.26. The van der Waals surface area contributed by atoms with Gasteiger partial charge in [-0.15, -0.1) is 0 Å². The summed E-state index contributed by atoms with van der Waals surface area (Å²) in [6.45, 7) is -0.723. The van der Waals surface area contributed by atoms with Gasteiger partial charge in [0.1, 0.15) is 5.82 Å². The van der Waals surface area contributed by atoms with Crippen LogP contribution in [0.4, 0.5) is 14.7 Å². The molecule has 128 valence electrons. The minimum Gasteiger partial charge on any atom is -0.351 e. The Hall–Kier alpha value is -2.83. The Kier molecular flexibility index (Phi) is 4.13. The van der Waals surface area contributed by atoms with Crippen molar-refractivity contribution in [2.45, 2.75) is 32.1 Å². The minimum atomic E-state index is -0.723. The van der Waals surface area contributed by atoms with E-state index in [1.807, 2.05) is 0 Å². The first-order chi connectivity index (χ1) is 12.2. The maximum Gasteiger partial charge on any atom is 0.223 e. The zero-order valence-electron chi connectivity index (χ0n) is 13.5. The average molecular weight is 341 g/mol. The van der Waals surface area contributed by atoms with Gasteiger partial charge in [-0.2, -0.15) is 0 Å². The van der Waals surface area contributed by atoms with Crippen molar-refractivity contribution in [2.24, 2.45) is 0 Å². The number of hydrogen-bond donors (Lipinski definition) is 1. The Morgan fingerprint density at radius 3 is 2.60 bits per heavy atom. The molecule has 0 aliphatic heterocycles. The Morgan fingerprint density at radius 2 is 1.92 bits per heavy atom. The highest BCUT2D eigenvalue weighted by atomic mass is 19.1. The van der Waals surface area contributed by atoms with Gasteiger partial charge in [0.05, 0.1) is 23.4 Å². The highest BCUT2D eigenvalue weighted by Gasteiger charge is 2.20. The van der Waals surface area contributed by atoms with Crippen molar-refractivity contribution in [1.29, 1.82) is 0 Å². The zero-order chi connectivity index (χ0) is 17.2. The predicted molar refractivity (Wildman–Crippen MR) is 91.0 cm³/mol. The van der Waals surface area contributed by atoms with E-state index in [2.05, 4.69) is 20.3 Å². The van der Waals surface area contributed by atoms with Crippen LogP contribution in [0.3, 0.4) is 0 Å². The molecule has 1 N–H and O–H groups in total. The molecular formula is C18H17F2N5. The first-order valence-corrected chi connectivity index (χ1v) is 8.21. The summed E-state index contributed by atoms with van der Waals surface area (Å²) in [6.07, 6.45) is 6.50. The number of nitrogens with zero attached hydrogens (tertiary/aromatic N) is 4. The highest BCUT2D eigenvalue weighted by molar-refractivity contribution is 5.77. The van der Waals surface area contributed by atoms with Gasteiger partial charge in [0.15, 0.2) is 6.80 Å². The molecule has 4 rings (SSSR count). The third-order valence-corrected chi connectivity index (χ3v) is 4.42. The van der Waals surface area contributed by atoms with E-state index in [9.17, 15) is 8.78 Å². The summed E-state index contributed by atoms with van der Waals surface area (Å²) in [5.74, 6) is 0.197. The van der Waals surface area contributed by atoms with E-state index in [1.165, 1.54) is 29.4 Å². The number of hydrogen-bond acceptors (Lipinski definition) is 4. The molecule has 0 spiro atoms. The van der Waals surface area contributed by atoms with Crippen LogP contribution in [0, 0.1) is 5.82 Å². The molecule has 1 aliphatic rings. The van der Waals surface area contributed by atoms with Crippen LogP contribution in [0.25, 0.3) is 22.6 Å². The highest BCUT2D eigenvalue weighted by Crippen LogP contribution is 2.31. The van der Waals surface area contributed by atoms with E-state index >= 15 is 0 Å². The van der Waals surface area contributed by atoms with E-state index < -0.39 is 6.80 Å². The second-order valence-electron chi connectivity index (χ2n) is 6.08. The van der Waals surface area contributed by atoms with Crippen LogP contribution in [-0.4, -0.2) is 25.6 Å². The fraction of sp³-hybridized carbons (Fsp3) is 0.278. The molecule has 0 atom stereocenters. The first kappa shape index (κ1) is 15.7. The standard InChI is InChI=1S/C18H17F2N5/c19-10-25-11-22-16(12-4-6-13(20)7-5-12)17(25)15-8-9-21-18(24-15)23-14-2-1-3-14/h4-9,11,14H,1-3,10H2,(H,21,23,24). The number of nitrogens with one attached hydrogen (secondary N) is 1. The van der Waals surface area contributed by atoms with Gasteiger partial charge in [0.2, 0.25) is 5.95 Å². The summed E-state index contributed by atoms with van der Waals surface area (Å²) >= 11 is 0. The zero-order valence-corrected chi connectivity index (χ0v) is 13.5. The molecular weight excluding hydrogens is 324 g/mol. The Labute approximate surface area is 143 Å². The molecule has 0 saturated heterocycles. The Morgan fingerprint density at radius 1 is 1.12 bits per heavy atom. The second-order valence-corrected chi connectivity index (χ2v) is 6.08. The average Bonchev–Trinajstić information content (AvgIpc) is 3.03. The van der Waals surface area contributed by atoms with Crippen molar-refractivity contribution in [1.82, 2.24) is 19.5 Å². The largest absolute Gasteiger partial charge is 0.351 e. The summed E-state index contributed by atoms with van der Waals surface area (Å²) in [5.41, 5.74) is 2.39. The summed E-state index contributed by atoms with van der Waals surface area (Å²) in [7, 11) is 0. The van der Waals surface area contributed by atoms with Crippen molar-refractivity contribution in [3.8, 4) is 22.6 Å². The van der Waals surface area contributed by atoms with E-state index in [-0.39, 0.29) is 5.82 Å². The summed E-state index contributed by atoms with van der Waals surface area (Å²) in [4.78, 5) is 13.1. The molecule has 0 unspecified atom stereocenters. The van der Waals surface area contributed by atoms with Gasteiger partial charge in [0, 0.05) is 17.8 Å². The van der Waals surface area contributed by atoms with Crippen LogP contribution in [0.5, 0.6) is 0 Å². The van der Waals surface area contributed by atoms with Crippen LogP contribution in [0.2, 0.25) is 0 Å². The molecule has 25 heavy (non-hydrogen) atoms. The van der Waals surface area contributed by atoms with Crippen molar-refractivity contribution in [3.63, 3.8) is 0 Å².